The molecule has 0 spiro atoms. The van der Waals surface area contributed by atoms with Crippen molar-refractivity contribution in [3.05, 3.63) is 29.8 Å². The second-order valence-corrected chi connectivity index (χ2v) is 4.74. The van der Waals surface area contributed by atoms with E-state index in [1.807, 2.05) is 24.3 Å². The lowest BCUT2D eigenvalue weighted by molar-refractivity contribution is -0.121. The summed E-state index contributed by atoms with van der Waals surface area (Å²) >= 11 is 0. The van der Waals surface area contributed by atoms with Gasteiger partial charge < -0.3 is 9.47 Å². The lowest BCUT2D eigenvalue weighted by Crippen LogP contribution is -2.16. The Kier molecular flexibility index (Phi) is 7.19. The Balaban J connectivity index is 2.36. The first-order valence-corrected chi connectivity index (χ1v) is 6.87. The molecule has 0 heterocycles. The van der Waals surface area contributed by atoms with Crippen LogP contribution < -0.4 is 4.74 Å². The van der Waals surface area contributed by atoms with Gasteiger partial charge in [-0.05, 0) is 30.5 Å². The molecule has 1 aromatic carbocycles. The number of hydrogen-bond donors (Lipinski definition) is 0. The molecule has 0 saturated carbocycles. The smallest absolute Gasteiger partial charge is 0.135 e. The number of methoxy groups -OCH3 is 2. The summed E-state index contributed by atoms with van der Waals surface area (Å²) in [5, 5.41) is 0. The molecule has 0 aliphatic carbocycles. The number of rotatable bonds is 9. The highest BCUT2D eigenvalue weighted by molar-refractivity contribution is 5.79. The van der Waals surface area contributed by atoms with Gasteiger partial charge in [-0.2, -0.15) is 0 Å². The molecule has 1 atom stereocenters. The van der Waals surface area contributed by atoms with Crippen LogP contribution in [0.25, 0.3) is 0 Å². The number of carbonyl (C=O) groups excluding carboxylic acids is 1. The first-order chi connectivity index (χ1) is 9.19. The fraction of sp³-hybridized carbons (Fsp3) is 0.562. The highest BCUT2D eigenvalue weighted by Gasteiger charge is 2.12. The Morgan fingerprint density at radius 2 is 1.89 bits per heavy atom. The maximum Gasteiger partial charge on any atom is 0.135 e. The first kappa shape index (κ1) is 15.7. The predicted octanol–water partition coefficient (Wildman–Crippen LogP) is 3.40. The SMILES string of the molecule is CCCC(CC(=O)CCc1ccc(OC)cc1)OC. The molecular formula is C16H24O3. The Labute approximate surface area is 115 Å². The van der Waals surface area contributed by atoms with E-state index in [4.69, 9.17) is 9.47 Å². The molecule has 3 nitrogen and oxygen atoms in total. The van der Waals surface area contributed by atoms with E-state index in [2.05, 4.69) is 6.92 Å². The highest BCUT2D eigenvalue weighted by Crippen LogP contribution is 2.14. The summed E-state index contributed by atoms with van der Waals surface area (Å²) in [6, 6.07) is 7.86. The number of ketones is 1. The van der Waals surface area contributed by atoms with E-state index < -0.39 is 0 Å². The van der Waals surface area contributed by atoms with E-state index in [0.29, 0.717) is 12.8 Å². The molecule has 0 saturated heterocycles. The zero-order valence-corrected chi connectivity index (χ0v) is 12.1. The van der Waals surface area contributed by atoms with Gasteiger partial charge in [-0.25, -0.2) is 0 Å². The number of ether oxygens (including phenoxy) is 2. The van der Waals surface area contributed by atoms with Crippen molar-refractivity contribution >= 4 is 5.78 Å². The maximum absolute atomic E-state index is 11.9. The van der Waals surface area contributed by atoms with Crippen LogP contribution in [0, 0.1) is 0 Å². The van der Waals surface area contributed by atoms with Crippen molar-refractivity contribution in [3.8, 4) is 5.75 Å². The summed E-state index contributed by atoms with van der Waals surface area (Å²) in [7, 11) is 3.33. The van der Waals surface area contributed by atoms with Crippen molar-refractivity contribution in [1.82, 2.24) is 0 Å². The number of carbonyl (C=O) groups is 1. The summed E-state index contributed by atoms with van der Waals surface area (Å²) in [5.74, 6) is 1.12. The van der Waals surface area contributed by atoms with Gasteiger partial charge in [0.1, 0.15) is 11.5 Å². The quantitative estimate of drug-likeness (QED) is 0.685. The molecule has 1 aromatic rings. The van der Waals surface area contributed by atoms with Gasteiger partial charge in [0.25, 0.3) is 0 Å². The lowest BCUT2D eigenvalue weighted by atomic mass is 10.0. The second kappa shape index (κ2) is 8.70. The fourth-order valence-corrected chi connectivity index (χ4v) is 2.06. The van der Waals surface area contributed by atoms with Gasteiger partial charge in [0.2, 0.25) is 0 Å². The second-order valence-electron chi connectivity index (χ2n) is 4.74. The summed E-state index contributed by atoms with van der Waals surface area (Å²) in [6.45, 7) is 2.11. The van der Waals surface area contributed by atoms with Crippen LogP contribution in [0.2, 0.25) is 0 Å². The fourth-order valence-electron chi connectivity index (χ4n) is 2.06. The molecule has 0 N–H and O–H groups in total. The van der Waals surface area contributed by atoms with Crippen molar-refractivity contribution in [2.24, 2.45) is 0 Å². The predicted molar refractivity (Wildman–Crippen MR) is 76.6 cm³/mol. The van der Waals surface area contributed by atoms with Crippen molar-refractivity contribution in [2.75, 3.05) is 14.2 Å². The van der Waals surface area contributed by atoms with Crippen molar-refractivity contribution < 1.29 is 14.3 Å². The van der Waals surface area contributed by atoms with E-state index in [-0.39, 0.29) is 11.9 Å². The standard InChI is InChI=1S/C16H24O3/c1-4-5-16(19-3)12-14(17)9-6-13-7-10-15(18-2)11-8-13/h7-8,10-11,16H,4-6,9,12H2,1-3H3. The van der Waals surface area contributed by atoms with Gasteiger partial charge in [0, 0.05) is 20.0 Å². The van der Waals surface area contributed by atoms with Crippen LogP contribution in [0.1, 0.15) is 38.2 Å². The molecule has 19 heavy (non-hydrogen) atoms. The highest BCUT2D eigenvalue weighted by atomic mass is 16.5. The van der Waals surface area contributed by atoms with Crippen LogP contribution in [-0.4, -0.2) is 26.1 Å². The van der Waals surface area contributed by atoms with E-state index in [0.717, 1.165) is 25.0 Å². The average Bonchev–Trinajstić information content (AvgIpc) is 2.45. The molecule has 1 rings (SSSR count). The van der Waals surface area contributed by atoms with Crippen LogP contribution in [0.3, 0.4) is 0 Å². The molecular weight excluding hydrogens is 240 g/mol. The minimum Gasteiger partial charge on any atom is -0.497 e. The monoisotopic (exact) mass is 264 g/mol. The zero-order chi connectivity index (χ0) is 14.1. The first-order valence-electron chi connectivity index (χ1n) is 6.87. The van der Waals surface area contributed by atoms with Crippen molar-refractivity contribution in [3.63, 3.8) is 0 Å². The molecule has 3 heteroatoms. The minimum absolute atomic E-state index is 0.0772. The van der Waals surface area contributed by atoms with Gasteiger partial charge in [0.05, 0.1) is 13.2 Å². The van der Waals surface area contributed by atoms with Gasteiger partial charge in [-0.15, -0.1) is 0 Å². The molecule has 106 valence electrons. The number of Topliss-reactive ketones (excluding diaryl/α,β-unsaturated/α-hetero) is 1. The Morgan fingerprint density at radius 1 is 1.21 bits per heavy atom. The summed E-state index contributed by atoms with van der Waals surface area (Å²) in [4.78, 5) is 11.9. The Bertz CT molecular complexity index is 370. The molecule has 0 aliphatic rings. The molecule has 0 bridgehead atoms. The largest absolute Gasteiger partial charge is 0.497 e. The number of aryl methyl sites for hydroxylation is 1. The van der Waals surface area contributed by atoms with Crippen LogP contribution in [0.4, 0.5) is 0 Å². The summed E-state index contributed by atoms with van der Waals surface area (Å²) in [5.41, 5.74) is 1.17. The maximum atomic E-state index is 11.9. The molecule has 0 aliphatic heterocycles. The normalized spacial score (nSPS) is 12.2. The molecule has 0 radical (unpaired) electrons. The Morgan fingerprint density at radius 3 is 2.42 bits per heavy atom. The Hall–Kier alpha value is -1.35. The third kappa shape index (κ3) is 5.88. The summed E-state index contributed by atoms with van der Waals surface area (Å²) < 4.78 is 10.4. The van der Waals surface area contributed by atoms with Crippen LogP contribution in [0.15, 0.2) is 24.3 Å². The van der Waals surface area contributed by atoms with E-state index >= 15 is 0 Å². The van der Waals surface area contributed by atoms with E-state index in [1.54, 1.807) is 14.2 Å². The molecule has 1 unspecified atom stereocenters. The van der Waals surface area contributed by atoms with Crippen LogP contribution >= 0.6 is 0 Å². The minimum atomic E-state index is 0.0772. The van der Waals surface area contributed by atoms with Gasteiger partial charge >= 0.3 is 0 Å². The lowest BCUT2D eigenvalue weighted by Gasteiger charge is -2.13. The van der Waals surface area contributed by atoms with Crippen molar-refractivity contribution in [1.29, 1.82) is 0 Å². The van der Waals surface area contributed by atoms with E-state index in [9.17, 15) is 4.79 Å². The number of hydrogen-bond acceptors (Lipinski definition) is 3. The topological polar surface area (TPSA) is 35.5 Å². The molecule has 0 aromatic heterocycles. The van der Waals surface area contributed by atoms with Crippen LogP contribution in [0.5, 0.6) is 5.75 Å². The van der Waals surface area contributed by atoms with Gasteiger partial charge in [-0.3, -0.25) is 4.79 Å². The van der Waals surface area contributed by atoms with Crippen LogP contribution in [-0.2, 0) is 16.0 Å². The third-order valence-corrected chi connectivity index (χ3v) is 3.25. The van der Waals surface area contributed by atoms with Crippen molar-refractivity contribution in [2.45, 2.75) is 45.1 Å². The average molecular weight is 264 g/mol. The third-order valence-electron chi connectivity index (χ3n) is 3.25. The summed E-state index contributed by atoms with van der Waals surface area (Å²) in [6.07, 6.45) is 3.96. The molecule has 0 fully saturated rings. The van der Waals surface area contributed by atoms with E-state index in [1.165, 1.54) is 5.56 Å². The zero-order valence-electron chi connectivity index (χ0n) is 12.1. The number of benzene rings is 1. The van der Waals surface area contributed by atoms with Gasteiger partial charge in [-0.1, -0.05) is 25.5 Å². The molecule has 0 amide bonds. The van der Waals surface area contributed by atoms with Gasteiger partial charge in [0.15, 0.2) is 0 Å².